The largest absolute Gasteiger partial charge is 0.344 e. The molecule has 1 N–H and O–H groups in total. The van der Waals surface area contributed by atoms with Crippen molar-refractivity contribution < 1.29 is 14.4 Å². The number of carbonyl (C=O) groups excluding carboxylic acids is 3. The molecule has 0 spiro atoms. The van der Waals surface area contributed by atoms with Gasteiger partial charge in [0, 0.05) is 38.7 Å². The lowest BCUT2D eigenvalue weighted by Crippen LogP contribution is -2.54. The van der Waals surface area contributed by atoms with Crippen molar-refractivity contribution in [3.05, 3.63) is 41.5 Å². The van der Waals surface area contributed by atoms with Gasteiger partial charge in [0.05, 0.1) is 0 Å². The Balaban J connectivity index is 1.49. The van der Waals surface area contributed by atoms with Gasteiger partial charge in [0.15, 0.2) is 0 Å². The van der Waals surface area contributed by atoms with E-state index < -0.39 is 6.04 Å². The molecule has 1 unspecified atom stereocenters. The first-order chi connectivity index (χ1) is 12.0. The summed E-state index contributed by atoms with van der Waals surface area (Å²) in [6.45, 7) is 4.08. The molecule has 2 aliphatic rings. The van der Waals surface area contributed by atoms with Crippen LogP contribution >= 0.6 is 0 Å². The van der Waals surface area contributed by atoms with E-state index in [1.165, 1.54) is 5.56 Å². The van der Waals surface area contributed by atoms with E-state index >= 15 is 0 Å². The number of nitrogens with one attached hydrogen (secondary N) is 1. The molecule has 0 saturated carbocycles. The summed E-state index contributed by atoms with van der Waals surface area (Å²) in [6.07, 6.45) is 4.38. The third-order valence-electron chi connectivity index (χ3n) is 4.69. The minimum atomic E-state index is -0.392. The quantitative estimate of drug-likeness (QED) is 0.833. The molecule has 2 aliphatic heterocycles. The Morgan fingerprint density at radius 1 is 1.08 bits per heavy atom. The van der Waals surface area contributed by atoms with Crippen molar-refractivity contribution in [2.75, 3.05) is 26.2 Å². The zero-order valence-electron chi connectivity index (χ0n) is 14.4. The maximum absolute atomic E-state index is 12.4. The van der Waals surface area contributed by atoms with E-state index in [0.717, 1.165) is 5.56 Å². The van der Waals surface area contributed by atoms with E-state index in [1.807, 2.05) is 37.3 Å². The molecule has 1 aromatic carbocycles. The number of rotatable bonds is 3. The van der Waals surface area contributed by atoms with Crippen LogP contribution in [0.2, 0.25) is 0 Å². The second-order valence-electron chi connectivity index (χ2n) is 6.55. The van der Waals surface area contributed by atoms with Gasteiger partial charge < -0.3 is 15.1 Å². The number of nitrogens with zero attached hydrogens (tertiary/aromatic N) is 2. The minimum absolute atomic E-state index is 0.0341. The van der Waals surface area contributed by atoms with E-state index in [0.29, 0.717) is 39.0 Å². The fraction of sp³-hybridized carbons (Fsp3) is 0.421. The van der Waals surface area contributed by atoms with Gasteiger partial charge in [0.1, 0.15) is 6.04 Å². The Morgan fingerprint density at radius 3 is 2.32 bits per heavy atom. The summed E-state index contributed by atoms with van der Waals surface area (Å²) >= 11 is 0. The van der Waals surface area contributed by atoms with E-state index in [2.05, 4.69) is 5.32 Å². The van der Waals surface area contributed by atoms with Gasteiger partial charge >= 0.3 is 0 Å². The van der Waals surface area contributed by atoms with Gasteiger partial charge in [-0.3, -0.25) is 14.4 Å². The summed E-state index contributed by atoms with van der Waals surface area (Å²) in [5.41, 5.74) is 2.17. The minimum Gasteiger partial charge on any atom is -0.344 e. The number of piperazine rings is 1. The molecule has 1 aromatic rings. The highest BCUT2D eigenvalue weighted by Gasteiger charge is 2.32. The summed E-state index contributed by atoms with van der Waals surface area (Å²) in [6, 6.07) is 7.58. The van der Waals surface area contributed by atoms with Gasteiger partial charge in [0.2, 0.25) is 17.7 Å². The van der Waals surface area contributed by atoms with Crippen molar-refractivity contribution in [3.63, 3.8) is 0 Å². The third kappa shape index (κ3) is 4.26. The normalized spacial score (nSPS) is 20.8. The monoisotopic (exact) mass is 341 g/mol. The van der Waals surface area contributed by atoms with Crippen molar-refractivity contribution in [1.82, 2.24) is 15.1 Å². The smallest absolute Gasteiger partial charge is 0.246 e. The van der Waals surface area contributed by atoms with Crippen LogP contribution in [0.15, 0.2) is 30.3 Å². The van der Waals surface area contributed by atoms with Crippen LogP contribution in [0.1, 0.15) is 24.0 Å². The Bertz CT molecular complexity index is 688. The second kappa shape index (κ2) is 7.51. The van der Waals surface area contributed by atoms with E-state index in [-0.39, 0.29) is 17.7 Å². The summed E-state index contributed by atoms with van der Waals surface area (Å²) in [4.78, 5) is 39.4. The summed E-state index contributed by atoms with van der Waals surface area (Å²) in [5, 5.41) is 2.71. The molecule has 6 nitrogen and oxygen atoms in total. The Labute approximate surface area is 147 Å². The van der Waals surface area contributed by atoms with Crippen LogP contribution in [0.3, 0.4) is 0 Å². The van der Waals surface area contributed by atoms with Gasteiger partial charge in [-0.25, -0.2) is 0 Å². The summed E-state index contributed by atoms with van der Waals surface area (Å²) < 4.78 is 0. The lowest BCUT2D eigenvalue weighted by Gasteiger charge is -2.35. The van der Waals surface area contributed by atoms with Gasteiger partial charge in [-0.2, -0.15) is 0 Å². The molecule has 3 amide bonds. The highest BCUT2D eigenvalue weighted by atomic mass is 16.2. The van der Waals surface area contributed by atoms with Crippen LogP contribution in [-0.4, -0.2) is 59.7 Å². The van der Waals surface area contributed by atoms with Crippen molar-refractivity contribution in [3.8, 4) is 0 Å². The fourth-order valence-corrected chi connectivity index (χ4v) is 3.12. The van der Waals surface area contributed by atoms with Crippen LogP contribution in [-0.2, 0) is 14.4 Å². The highest BCUT2D eigenvalue weighted by molar-refractivity contribution is 5.93. The van der Waals surface area contributed by atoms with Gasteiger partial charge in [0.25, 0.3) is 0 Å². The molecule has 0 bridgehead atoms. The molecule has 6 heteroatoms. The second-order valence-corrected chi connectivity index (χ2v) is 6.55. The molecule has 2 heterocycles. The molecule has 3 rings (SSSR count). The maximum Gasteiger partial charge on any atom is 0.246 e. The predicted molar refractivity (Wildman–Crippen MR) is 94.5 cm³/mol. The molecule has 2 saturated heterocycles. The first kappa shape index (κ1) is 17.2. The van der Waals surface area contributed by atoms with Gasteiger partial charge in [-0.1, -0.05) is 29.8 Å². The predicted octanol–water partition coefficient (Wildman–Crippen LogP) is 0.958. The van der Waals surface area contributed by atoms with Crippen molar-refractivity contribution in [2.45, 2.75) is 25.8 Å². The fourth-order valence-electron chi connectivity index (χ4n) is 3.12. The number of amides is 3. The molecule has 1 atom stereocenters. The standard InChI is InChI=1S/C19H23N3O3/c1-14-2-4-15(5-3-14)6-9-18(24)21-10-12-22(13-11-21)19(25)16-7-8-17(23)20-16/h2-6,9,16H,7-8,10-13H2,1H3,(H,20,23). The molecule has 0 aliphatic carbocycles. The van der Waals surface area contributed by atoms with Crippen LogP contribution in [0.5, 0.6) is 0 Å². The topological polar surface area (TPSA) is 69.7 Å². The molecular formula is C19H23N3O3. The number of aryl methyl sites for hydroxylation is 1. The average molecular weight is 341 g/mol. The maximum atomic E-state index is 12.4. The summed E-state index contributed by atoms with van der Waals surface area (Å²) in [7, 11) is 0. The number of hydrogen-bond donors (Lipinski definition) is 1. The molecule has 132 valence electrons. The number of carbonyl (C=O) groups is 3. The first-order valence-corrected chi connectivity index (χ1v) is 8.65. The Hall–Kier alpha value is -2.63. The average Bonchev–Trinajstić information content (AvgIpc) is 3.07. The molecule has 0 radical (unpaired) electrons. The van der Waals surface area contributed by atoms with Gasteiger partial charge in [-0.05, 0) is 25.0 Å². The van der Waals surface area contributed by atoms with E-state index in [9.17, 15) is 14.4 Å². The van der Waals surface area contributed by atoms with E-state index in [1.54, 1.807) is 15.9 Å². The lowest BCUT2D eigenvalue weighted by atomic mass is 10.1. The van der Waals surface area contributed by atoms with Gasteiger partial charge in [-0.15, -0.1) is 0 Å². The zero-order valence-corrected chi connectivity index (χ0v) is 14.4. The first-order valence-electron chi connectivity index (χ1n) is 8.65. The van der Waals surface area contributed by atoms with Crippen molar-refractivity contribution in [2.24, 2.45) is 0 Å². The van der Waals surface area contributed by atoms with Crippen molar-refractivity contribution in [1.29, 1.82) is 0 Å². The number of benzene rings is 1. The third-order valence-corrected chi connectivity index (χ3v) is 4.69. The van der Waals surface area contributed by atoms with Crippen LogP contribution in [0.25, 0.3) is 6.08 Å². The SMILES string of the molecule is Cc1ccc(C=CC(=O)N2CCN(C(=O)C3CCC(=O)N3)CC2)cc1. The Kier molecular flexibility index (Phi) is 5.16. The van der Waals surface area contributed by atoms with Crippen LogP contribution in [0.4, 0.5) is 0 Å². The summed E-state index contributed by atoms with van der Waals surface area (Å²) in [5.74, 6) is -0.136. The molecule has 2 fully saturated rings. The van der Waals surface area contributed by atoms with Crippen molar-refractivity contribution >= 4 is 23.8 Å². The molecular weight excluding hydrogens is 318 g/mol. The van der Waals surface area contributed by atoms with Crippen LogP contribution < -0.4 is 5.32 Å². The van der Waals surface area contributed by atoms with E-state index in [4.69, 9.17) is 0 Å². The Morgan fingerprint density at radius 2 is 1.72 bits per heavy atom. The lowest BCUT2D eigenvalue weighted by molar-refractivity contribution is -0.139. The molecule has 25 heavy (non-hydrogen) atoms. The van der Waals surface area contributed by atoms with Crippen LogP contribution in [0, 0.1) is 6.92 Å². The highest BCUT2D eigenvalue weighted by Crippen LogP contribution is 2.12. The zero-order chi connectivity index (χ0) is 17.8. The molecule has 0 aromatic heterocycles. The number of hydrogen-bond acceptors (Lipinski definition) is 3.